The lowest BCUT2D eigenvalue weighted by Gasteiger charge is -2.30. The summed E-state index contributed by atoms with van der Waals surface area (Å²) >= 11 is 11.7. The maximum atomic E-state index is 9.25. The van der Waals surface area contributed by atoms with E-state index in [1.807, 2.05) is 18.9 Å². The molecule has 6 heteroatoms. The number of aliphatic hydroxyl groups is 2. The molecule has 18 heavy (non-hydrogen) atoms. The van der Waals surface area contributed by atoms with Crippen LogP contribution in [0.5, 0.6) is 0 Å². The third kappa shape index (κ3) is 4.71. The number of nitrogens with zero attached hydrogens (tertiary/aromatic N) is 2. The number of rotatable bonds is 6. The minimum atomic E-state index is -0.518. The molecule has 102 valence electrons. The summed E-state index contributed by atoms with van der Waals surface area (Å²) in [5.41, 5.74) is 0.427. The monoisotopic (exact) mass is 292 g/mol. The van der Waals surface area contributed by atoms with Gasteiger partial charge in [0, 0.05) is 18.5 Å². The van der Waals surface area contributed by atoms with Crippen LogP contribution in [0.3, 0.4) is 0 Å². The van der Waals surface area contributed by atoms with Gasteiger partial charge in [0.2, 0.25) is 0 Å². The minimum Gasteiger partial charge on any atom is -0.396 e. The van der Waals surface area contributed by atoms with Crippen LogP contribution < -0.4 is 0 Å². The Morgan fingerprint density at radius 2 is 1.72 bits per heavy atom. The van der Waals surface area contributed by atoms with Crippen molar-refractivity contribution in [2.75, 3.05) is 26.8 Å². The summed E-state index contributed by atoms with van der Waals surface area (Å²) in [5.74, 6) is 0. The lowest BCUT2D eigenvalue weighted by molar-refractivity contribution is 0.0402. The van der Waals surface area contributed by atoms with Gasteiger partial charge in [-0.3, -0.25) is 0 Å². The fraction of sp³-hybridized carbons (Fsp3) is 0.583. The smallest absolute Gasteiger partial charge is 0.131 e. The highest BCUT2D eigenvalue weighted by Crippen LogP contribution is 2.19. The van der Waals surface area contributed by atoms with Crippen LogP contribution in [0.1, 0.15) is 12.5 Å². The van der Waals surface area contributed by atoms with Crippen LogP contribution in [0, 0.1) is 5.41 Å². The van der Waals surface area contributed by atoms with E-state index in [0.29, 0.717) is 23.4 Å². The number of hydrogen-bond donors (Lipinski definition) is 2. The second-order valence-electron chi connectivity index (χ2n) is 4.92. The fourth-order valence-corrected chi connectivity index (χ4v) is 2.28. The minimum absolute atomic E-state index is 0.0638. The predicted molar refractivity (Wildman–Crippen MR) is 72.9 cm³/mol. The molecule has 0 atom stereocenters. The van der Waals surface area contributed by atoms with Gasteiger partial charge in [0.05, 0.1) is 13.2 Å². The summed E-state index contributed by atoms with van der Waals surface area (Å²) in [7, 11) is 1.91. The standard InChI is InChI=1S/C12H18Cl2N2O2/c1-12(7-17,8-18)6-16(2)5-9-3-10(13)15-11(14)4-9/h3-4,17-18H,5-8H2,1-2H3. The molecule has 0 aromatic carbocycles. The van der Waals surface area contributed by atoms with Crippen molar-refractivity contribution in [3.8, 4) is 0 Å². The summed E-state index contributed by atoms with van der Waals surface area (Å²) in [4.78, 5) is 5.88. The molecule has 0 amide bonds. The van der Waals surface area contributed by atoms with Gasteiger partial charge in [-0.25, -0.2) is 4.98 Å². The third-order valence-corrected chi connectivity index (χ3v) is 3.08. The van der Waals surface area contributed by atoms with E-state index in [2.05, 4.69) is 4.98 Å². The molecule has 1 aromatic heterocycles. The molecule has 0 spiro atoms. The van der Waals surface area contributed by atoms with Crippen molar-refractivity contribution in [3.63, 3.8) is 0 Å². The van der Waals surface area contributed by atoms with E-state index < -0.39 is 5.41 Å². The van der Waals surface area contributed by atoms with E-state index >= 15 is 0 Å². The number of hydrogen-bond acceptors (Lipinski definition) is 4. The highest BCUT2D eigenvalue weighted by Gasteiger charge is 2.24. The first kappa shape index (κ1) is 15.7. The largest absolute Gasteiger partial charge is 0.396 e. The zero-order valence-electron chi connectivity index (χ0n) is 10.5. The van der Waals surface area contributed by atoms with Gasteiger partial charge in [0.1, 0.15) is 10.3 Å². The third-order valence-electron chi connectivity index (χ3n) is 2.69. The van der Waals surface area contributed by atoms with E-state index in [0.717, 1.165) is 5.56 Å². The Morgan fingerprint density at radius 1 is 1.22 bits per heavy atom. The first-order valence-electron chi connectivity index (χ1n) is 5.61. The van der Waals surface area contributed by atoms with Crippen LogP contribution in [0.4, 0.5) is 0 Å². The first-order chi connectivity index (χ1) is 8.38. The van der Waals surface area contributed by atoms with Crippen molar-refractivity contribution in [2.24, 2.45) is 5.41 Å². The predicted octanol–water partition coefficient (Wildman–Crippen LogP) is 1.81. The molecular weight excluding hydrogens is 275 g/mol. The highest BCUT2D eigenvalue weighted by atomic mass is 35.5. The van der Waals surface area contributed by atoms with Crippen molar-refractivity contribution < 1.29 is 10.2 Å². The van der Waals surface area contributed by atoms with Crippen molar-refractivity contribution in [3.05, 3.63) is 28.0 Å². The molecule has 4 nitrogen and oxygen atoms in total. The van der Waals surface area contributed by atoms with Gasteiger partial charge in [-0.1, -0.05) is 30.1 Å². The normalized spacial score (nSPS) is 12.2. The molecule has 0 saturated carbocycles. The molecule has 1 aromatic rings. The summed E-state index contributed by atoms with van der Waals surface area (Å²) in [6.45, 7) is 2.89. The van der Waals surface area contributed by atoms with Gasteiger partial charge < -0.3 is 15.1 Å². The number of aromatic nitrogens is 1. The lowest BCUT2D eigenvalue weighted by atomic mass is 9.92. The van der Waals surface area contributed by atoms with Crippen molar-refractivity contribution in [1.29, 1.82) is 0 Å². The fourth-order valence-electron chi connectivity index (χ4n) is 1.77. The number of aliphatic hydroxyl groups excluding tert-OH is 2. The van der Waals surface area contributed by atoms with Crippen molar-refractivity contribution >= 4 is 23.2 Å². The van der Waals surface area contributed by atoms with Crippen molar-refractivity contribution in [2.45, 2.75) is 13.5 Å². The lowest BCUT2D eigenvalue weighted by Crippen LogP contribution is -2.38. The van der Waals surface area contributed by atoms with Gasteiger partial charge >= 0.3 is 0 Å². The zero-order valence-corrected chi connectivity index (χ0v) is 12.0. The Kier molecular flexibility index (Phi) is 5.82. The van der Waals surface area contributed by atoms with E-state index in [-0.39, 0.29) is 13.2 Å². The second kappa shape index (κ2) is 6.68. The summed E-state index contributed by atoms with van der Waals surface area (Å²) in [6.07, 6.45) is 0. The van der Waals surface area contributed by atoms with Crippen molar-refractivity contribution in [1.82, 2.24) is 9.88 Å². The Labute approximate surface area is 117 Å². The van der Waals surface area contributed by atoms with E-state index in [1.165, 1.54) is 0 Å². The van der Waals surface area contributed by atoms with Gasteiger partial charge in [-0.05, 0) is 24.7 Å². The van der Waals surface area contributed by atoms with Gasteiger partial charge in [0.25, 0.3) is 0 Å². The molecule has 1 rings (SSSR count). The Balaban J connectivity index is 2.67. The molecule has 0 fully saturated rings. The van der Waals surface area contributed by atoms with Crippen LogP contribution in [0.2, 0.25) is 10.3 Å². The summed E-state index contributed by atoms with van der Waals surface area (Å²) in [5, 5.41) is 19.2. The Hall–Kier alpha value is -0.390. The molecule has 2 N–H and O–H groups in total. The topological polar surface area (TPSA) is 56.6 Å². The van der Waals surface area contributed by atoms with Gasteiger partial charge in [0.15, 0.2) is 0 Å². The summed E-state index contributed by atoms with van der Waals surface area (Å²) < 4.78 is 0. The molecule has 0 aliphatic heterocycles. The second-order valence-corrected chi connectivity index (χ2v) is 5.69. The zero-order chi connectivity index (χ0) is 13.8. The van der Waals surface area contributed by atoms with Crippen LogP contribution in [-0.2, 0) is 6.54 Å². The molecule has 0 aliphatic rings. The van der Waals surface area contributed by atoms with Crippen LogP contribution >= 0.6 is 23.2 Å². The summed E-state index contributed by atoms with van der Waals surface area (Å²) in [6, 6.07) is 3.50. The number of pyridine rings is 1. The maximum absolute atomic E-state index is 9.25. The van der Waals surface area contributed by atoms with Crippen LogP contribution in [-0.4, -0.2) is 46.9 Å². The molecular formula is C12H18Cl2N2O2. The molecule has 1 heterocycles. The Morgan fingerprint density at radius 3 is 2.17 bits per heavy atom. The molecule has 0 bridgehead atoms. The SMILES string of the molecule is CN(Cc1cc(Cl)nc(Cl)c1)CC(C)(CO)CO. The molecule has 0 aliphatic carbocycles. The van der Waals surface area contributed by atoms with Gasteiger partial charge in [-0.2, -0.15) is 0 Å². The average molecular weight is 293 g/mol. The maximum Gasteiger partial charge on any atom is 0.131 e. The number of halogens is 2. The van der Waals surface area contributed by atoms with Crippen LogP contribution in [0.25, 0.3) is 0 Å². The highest BCUT2D eigenvalue weighted by molar-refractivity contribution is 6.32. The Bertz CT molecular complexity index is 377. The van der Waals surface area contributed by atoms with E-state index in [4.69, 9.17) is 23.2 Å². The van der Waals surface area contributed by atoms with E-state index in [9.17, 15) is 10.2 Å². The average Bonchev–Trinajstić information content (AvgIpc) is 2.27. The molecule has 0 radical (unpaired) electrons. The molecule has 0 saturated heterocycles. The quantitative estimate of drug-likeness (QED) is 0.785. The van der Waals surface area contributed by atoms with Crippen LogP contribution in [0.15, 0.2) is 12.1 Å². The van der Waals surface area contributed by atoms with E-state index in [1.54, 1.807) is 12.1 Å². The first-order valence-corrected chi connectivity index (χ1v) is 6.36. The molecule has 0 unspecified atom stereocenters. The van der Waals surface area contributed by atoms with Gasteiger partial charge in [-0.15, -0.1) is 0 Å².